The van der Waals surface area contributed by atoms with E-state index in [2.05, 4.69) is 5.32 Å². The second-order valence-corrected chi connectivity index (χ2v) is 6.08. The maximum Gasteiger partial charge on any atom is 0.331 e. The van der Waals surface area contributed by atoms with Crippen LogP contribution in [0.3, 0.4) is 0 Å². The van der Waals surface area contributed by atoms with Crippen LogP contribution in [0.25, 0.3) is 6.08 Å². The molecule has 2 rings (SSSR count). The first-order valence-electron chi connectivity index (χ1n) is 7.23. The molecule has 0 aromatic heterocycles. The number of halogens is 2. The molecule has 0 radical (unpaired) electrons. The Morgan fingerprint density at radius 1 is 1.24 bits per heavy atom. The third kappa shape index (κ3) is 5.62. The van der Waals surface area contributed by atoms with Crippen molar-refractivity contribution >= 4 is 47.0 Å². The molecule has 7 heteroatoms. The van der Waals surface area contributed by atoms with Gasteiger partial charge in [0.2, 0.25) is 0 Å². The molecule has 0 fully saturated rings. The lowest BCUT2D eigenvalue weighted by Crippen LogP contribution is -2.20. The fourth-order valence-corrected chi connectivity index (χ4v) is 2.72. The van der Waals surface area contributed by atoms with E-state index in [-0.39, 0.29) is 10.6 Å². The van der Waals surface area contributed by atoms with Crippen LogP contribution in [0.4, 0.5) is 10.1 Å². The highest BCUT2D eigenvalue weighted by atomic mass is 35.5. The second kappa shape index (κ2) is 9.25. The van der Waals surface area contributed by atoms with E-state index in [0.717, 1.165) is 11.0 Å². The molecular weight excluding hydrogens is 365 g/mol. The van der Waals surface area contributed by atoms with E-state index in [0.29, 0.717) is 5.69 Å². The zero-order chi connectivity index (χ0) is 18.2. The number of carbonyl (C=O) groups is 2. The van der Waals surface area contributed by atoms with Gasteiger partial charge >= 0.3 is 5.97 Å². The van der Waals surface area contributed by atoms with Crippen LogP contribution in [-0.2, 0) is 14.3 Å². The summed E-state index contributed by atoms with van der Waals surface area (Å²) in [4.78, 5) is 24.4. The Kier molecular flexibility index (Phi) is 7.03. The Bertz CT molecular complexity index is 790. The Morgan fingerprint density at radius 2 is 2.00 bits per heavy atom. The zero-order valence-electron chi connectivity index (χ0n) is 13.3. The summed E-state index contributed by atoms with van der Waals surface area (Å²) in [6.07, 6.45) is 4.12. The molecule has 0 unspecified atom stereocenters. The molecule has 1 N–H and O–H groups in total. The zero-order valence-corrected chi connectivity index (χ0v) is 14.9. The normalized spacial score (nSPS) is 10.7. The fourth-order valence-electron chi connectivity index (χ4n) is 1.94. The minimum Gasteiger partial charge on any atom is -0.452 e. The van der Waals surface area contributed by atoms with Gasteiger partial charge in [0.05, 0.1) is 10.7 Å². The SMILES string of the molecule is CSc1ccccc1NC(=O)COC(=O)/C=C/c1c(F)cccc1Cl. The summed E-state index contributed by atoms with van der Waals surface area (Å²) in [5, 5.41) is 2.84. The van der Waals surface area contributed by atoms with E-state index < -0.39 is 24.3 Å². The second-order valence-electron chi connectivity index (χ2n) is 4.82. The Balaban J connectivity index is 1.89. The van der Waals surface area contributed by atoms with Crippen LogP contribution < -0.4 is 5.32 Å². The van der Waals surface area contributed by atoms with Crippen LogP contribution in [0.5, 0.6) is 0 Å². The van der Waals surface area contributed by atoms with Gasteiger partial charge in [-0.25, -0.2) is 9.18 Å². The highest BCUT2D eigenvalue weighted by molar-refractivity contribution is 7.98. The predicted octanol–water partition coefficient (Wildman–Crippen LogP) is 4.40. The molecule has 0 aliphatic heterocycles. The van der Waals surface area contributed by atoms with Crippen LogP contribution in [0.2, 0.25) is 5.02 Å². The molecule has 1 amide bonds. The number of hydrogen-bond donors (Lipinski definition) is 1. The molecule has 0 spiro atoms. The largest absolute Gasteiger partial charge is 0.452 e. The molecule has 0 aliphatic rings. The number of thioether (sulfide) groups is 1. The summed E-state index contributed by atoms with van der Waals surface area (Å²) in [5.41, 5.74) is 0.726. The molecule has 4 nitrogen and oxygen atoms in total. The standard InChI is InChI=1S/C18H15ClFNO3S/c1-25-16-8-3-2-7-15(16)21-17(22)11-24-18(23)10-9-12-13(19)5-4-6-14(12)20/h2-10H,11H2,1H3,(H,21,22)/b10-9+. The van der Waals surface area contributed by atoms with E-state index >= 15 is 0 Å². The van der Waals surface area contributed by atoms with E-state index in [4.69, 9.17) is 16.3 Å². The number of hydrogen-bond acceptors (Lipinski definition) is 4. The lowest BCUT2D eigenvalue weighted by Gasteiger charge is -2.09. The number of amides is 1. The quantitative estimate of drug-likeness (QED) is 0.459. The third-order valence-corrected chi connectivity index (χ3v) is 4.24. The molecule has 0 heterocycles. The van der Waals surface area contributed by atoms with Gasteiger partial charge in [-0.15, -0.1) is 11.8 Å². The molecule has 0 saturated carbocycles. The molecule has 0 saturated heterocycles. The summed E-state index contributed by atoms with van der Waals surface area (Å²) in [7, 11) is 0. The first-order valence-corrected chi connectivity index (χ1v) is 8.83. The highest BCUT2D eigenvalue weighted by Crippen LogP contribution is 2.24. The average molecular weight is 380 g/mol. The highest BCUT2D eigenvalue weighted by Gasteiger charge is 2.09. The van der Waals surface area contributed by atoms with Crippen molar-refractivity contribution in [1.82, 2.24) is 0 Å². The lowest BCUT2D eigenvalue weighted by atomic mass is 10.2. The number of para-hydroxylation sites is 1. The first kappa shape index (κ1) is 19.0. The monoisotopic (exact) mass is 379 g/mol. The average Bonchev–Trinajstić information content (AvgIpc) is 2.60. The van der Waals surface area contributed by atoms with E-state index in [9.17, 15) is 14.0 Å². The van der Waals surface area contributed by atoms with Crippen LogP contribution in [0, 0.1) is 5.82 Å². The molecule has 130 valence electrons. The minimum absolute atomic E-state index is 0.0828. The summed E-state index contributed by atoms with van der Waals surface area (Å²) < 4.78 is 18.4. The van der Waals surface area contributed by atoms with Crippen molar-refractivity contribution in [2.24, 2.45) is 0 Å². The molecule has 25 heavy (non-hydrogen) atoms. The van der Waals surface area contributed by atoms with Crippen molar-refractivity contribution in [3.05, 3.63) is 64.9 Å². The van der Waals surface area contributed by atoms with E-state index in [1.54, 1.807) is 12.1 Å². The Labute approximate surface area is 154 Å². The van der Waals surface area contributed by atoms with Gasteiger partial charge in [0, 0.05) is 16.5 Å². The van der Waals surface area contributed by atoms with Crippen molar-refractivity contribution in [2.75, 3.05) is 18.2 Å². The topological polar surface area (TPSA) is 55.4 Å². The smallest absolute Gasteiger partial charge is 0.331 e. The molecule has 0 aliphatic carbocycles. The van der Waals surface area contributed by atoms with Gasteiger partial charge in [-0.2, -0.15) is 0 Å². The Morgan fingerprint density at radius 3 is 2.72 bits per heavy atom. The van der Waals surface area contributed by atoms with Crippen LogP contribution >= 0.6 is 23.4 Å². The van der Waals surface area contributed by atoms with Crippen molar-refractivity contribution < 1.29 is 18.7 Å². The molecule has 0 bridgehead atoms. The van der Waals surface area contributed by atoms with Crippen LogP contribution in [-0.4, -0.2) is 24.7 Å². The molecule has 0 atom stereocenters. The minimum atomic E-state index is -0.771. The lowest BCUT2D eigenvalue weighted by molar-refractivity contribution is -0.142. The van der Waals surface area contributed by atoms with Gasteiger partial charge < -0.3 is 10.1 Å². The number of benzene rings is 2. The van der Waals surface area contributed by atoms with Crippen molar-refractivity contribution in [1.29, 1.82) is 0 Å². The van der Waals surface area contributed by atoms with Crippen molar-refractivity contribution in [3.8, 4) is 0 Å². The number of nitrogens with one attached hydrogen (secondary N) is 1. The molecule has 2 aromatic rings. The summed E-state index contributed by atoms with van der Waals surface area (Å²) in [6.45, 7) is -0.448. The summed E-state index contributed by atoms with van der Waals surface area (Å²) in [5.74, 6) is -1.79. The van der Waals surface area contributed by atoms with Gasteiger partial charge in [-0.1, -0.05) is 29.8 Å². The fraction of sp³-hybridized carbons (Fsp3) is 0.111. The van der Waals surface area contributed by atoms with Gasteiger partial charge in [-0.05, 0) is 36.6 Å². The van der Waals surface area contributed by atoms with E-state index in [1.807, 2.05) is 18.4 Å². The number of carbonyl (C=O) groups excluding carboxylic acids is 2. The summed E-state index contributed by atoms with van der Waals surface area (Å²) >= 11 is 7.34. The van der Waals surface area contributed by atoms with Gasteiger partial charge in [0.15, 0.2) is 6.61 Å². The van der Waals surface area contributed by atoms with Crippen LogP contribution in [0.1, 0.15) is 5.56 Å². The number of ether oxygens (including phenoxy) is 1. The van der Waals surface area contributed by atoms with Gasteiger partial charge in [0.1, 0.15) is 5.82 Å². The maximum absolute atomic E-state index is 13.6. The number of anilines is 1. The van der Waals surface area contributed by atoms with Gasteiger partial charge in [-0.3, -0.25) is 4.79 Å². The van der Waals surface area contributed by atoms with Crippen molar-refractivity contribution in [3.63, 3.8) is 0 Å². The maximum atomic E-state index is 13.6. The number of rotatable bonds is 6. The van der Waals surface area contributed by atoms with E-state index in [1.165, 1.54) is 36.0 Å². The van der Waals surface area contributed by atoms with Gasteiger partial charge in [0.25, 0.3) is 5.91 Å². The third-order valence-electron chi connectivity index (χ3n) is 3.11. The summed E-state index contributed by atoms with van der Waals surface area (Å²) in [6, 6.07) is 11.5. The van der Waals surface area contributed by atoms with Crippen molar-refractivity contribution in [2.45, 2.75) is 4.90 Å². The predicted molar refractivity (Wildman–Crippen MR) is 98.3 cm³/mol. The Hall–Kier alpha value is -2.31. The van der Waals surface area contributed by atoms with Crippen LogP contribution in [0.15, 0.2) is 53.4 Å². The first-order chi connectivity index (χ1) is 12.0. The molecule has 2 aromatic carbocycles. The number of esters is 1. The molecular formula is C18H15ClFNO3S.